The summed E-state index contributed by atoms with van der Waals surface area (Å²) in [6.45, 7) is 11.6. The van der Waals surface area contributed by atoms with Gasteiger partial charge in [0.2, 0.25) is 0 Å². The fraction of sp³-hybridized carbons (Fsp3) is 0.366. The molecule has 0 bridgehead atoms. The minimum absolute atomic E-state index is 0.132. The summed E-state index contributed by atoms with van der Waals surface area (Å²) in [5, 5.41) is 19.3. The first-order valence-electron chi connectivity index (χ1n) is 18.0. The van der Waals surface area contributed by atoms with Crippen molar-refractivity contribution in [3.8, 4) is 5.69 Å². The lowest BCUT2D eigenvalue weighted by atomic mass is 9.93. The fourth-order valence-electron chi connectivity index (χ4n) is 6.93. The van der Waals surface area contributed by atoms with Gasteiger partial charge in [0.1, 0.15) is 0 Å². The van der Waals surface area contributed by atoms with E-state index in [2.05, 4.69) is 24.1 Å². The molecule has 0 spiro atoms. The average Bonchev–Trinajstić information content (AvgIpc) is 3.67. The molecule has 0 fully saturated rings. The Hall–Kier alpha value is -5.22. The molecular formula is C41H48N6O4. The van der Waals surface area contributed by atoms with E-state index in [1.807, 2.05) is 62.1 Å². The highest BCUT2D eigenvalue weighted by Gasteiger charge is 2.32. The van der Waals surface area contributed by atoms with E-state index in [0.717, 1.165) is 59.0 Å². The van der Waals surface area contributed by atoms with Crippen LogP contribution in [0.5, 0.6) is 0 Å². The van der Waals surface area contributed by atoms with Gasteiger partial charge >= 0.3 is 0 Å². The number of amides is 3. The number of aromatic amines is 1. The number of anilines is 1. The van der Waals surface area contributed by atoms with E-state index in [-0.39, 0.29) is 24.3 Å². The van der Waals surface area contributed by atoms with E-state index in [1.54, 1.807) is 39.9 Å². The predicted octanol–water partition coefficient (Wildman–Crippen LogP) is 7.13. The Labute approximate surface area is 299 Å². The van der Waals surface area contributed by atoms with E-state index < -0.39 is 6.04 Å². The molecule has 51 heavy (non-hydrogen) atoms. The molecule has 1 atom stereocenters. The smallest absolute Gasteiger partial charge is 0.274 e. The van der Waals surface area contributed by atoms with Crippen LogP contribution in [0, 0.1) is 20.8 Å². The maximum Gasteiger partial charge on any atom is 0.274 e. The Balaban J connectivity index is 1.38. The van der Waals surface area contributed by atoms with Crippen molar-refractivity contribution < 1.29 is 19.5 Å². The lowest BCUT2D eigenvalue weighted by Gasteiger charge is -2.36. The maximum atomic E-state index is 14.6. The zero-order valence-corrected chi connectivity index (χ0v) is 30.3. The van der Waals surface area contributed by atoms with Crippen LogP contribution in [-0.4, -0.2) is 73.1 Å². The van der Waals surface area contributed by atoms with Gasteiger partial charge in [-0.05, 0) is 93.1 Å². The monoisotopic (exact) mass is 688 g/mol. The van der Waals surface area contributed by atoms with E-state index >= 15 is 0 Å². The standard InChI is InChI=1S/C41H48N6O4/c1-6-8-18-45(19-9-7-2)41(51)37-20-26(3)47(44-37)38-17-15-32(43-39(49)30-14-16-34-27(4)28(5)42-36(34)22-30)23-35(38)40(50)46-24-31-13-11-10-12-29(31)21-33(46)25-48/h10-17,20,22-23,33,42,48H,6-9,18-19,21,24-25H2,1-5H3,(H,43,49)/t33-/m0/s1. The molecule has 0 saturated carbocycles. The Morgan fingerprint density at radius 1 is 0.941 bits per heavy atom. The number of hydrogen-bond acceptors (Lipinski definition) is 5. The Bertz CT molecular complexity index is 2070. The number of unbranched alkanes of at least 4 members (excludes halogenated alkanes) is 2. The summed E-state index contributed by atoms with van der Waals surface area (Å²) in [6.07, 6.45) is 4.30. The number of fused-ring (bicyclic) bond motifs is 2. The molecule has 2 aromatic heterocycles. The molecule has 0 aliphatic carbocycles. The third-order valence-corrected chi connectivity index (χ3v) is 10.1. The zero-order valence-electron chi connectivity index (χ0n) is 30.3. The summed E-state index contributed by atoms with van der Waals surface area (Å²) in [5.74, 6) is -0.743. The quantitative estimate of drug-likeness (QED) is 0.129. The van der Waals surface area contributed by atoms with Crippen LogP contribution >= 0.6 is 0 Å². The van der Waals surface area contributed by atoms with Crippen LogP contribution < -0.4 is 5.32 Å². The molecule has 10 heteroatoms. The number of benzene rings is 3. The second-order valence-corrected chi connectivity index (χ2v) is 13.6. The maximum absolute atomic E-state index is 14.6. The SMILES string of the molecule is CCCCN(CCCC)C(=O)c1cc(C)n(-c2ccc(NC(=O)c3ccc4c(C)c(C)[nH]c4c3)cc2C(=O)N2Cc3ccccc3C[C@H]2CO)n1. The van der Waals surface area contributed by atoms with Gasteiger partial charge in [-0.15, -0.1) is 0 Å². The van der Waals surface area contributed by atoms with Crippen molar-refractivity contribution in [2.24, 2.45) is 0 Å². The number of H-pyrrole nitrogens is 1. The van der Waals surface area contributed by atoms with Crippen molar-refractivity contribution in [2.75, 3.05) is 25.0 Å². The van der Waals surface area contributed by atoms with E-state index in [4.69, 9.17) is 5.10 Å². The molecule has 1 aliphatic rings. The zero-order chi connectivity index (χ0) is 36.2. The summed E-state index contributed by atoms with van der Waals surface area (Å²) in [5.41, 5.74) is 7.93. The Morgan fingerprint density at radius 3 is 2.37 bits per heavy atom. The Kier molecular flexibility index (Phi) is 10.7. The van der Waals surface area contributed by atoms with Gasteiger partial charge < -0.3 is 25.2 Å². The van der Waals surface area contributed by atoms with Crippen molar-refractivity contribution in [1.29, 1.82) is 0 Å². The summed E-state index contributed by atoms with van der Waals surface area (Å²) in [6, 6.07) is 20.0. The molecule has 266 valence electrons. The highest BCUT2D eigenvalue weighted by molar-refractivity contribution is 6.07. The van der Waals surface area contributed by atoms with Crippen LogP contribution in [0.3, 0.4) is 0 Å². The van der Waals surface area contributed by atoms with Gasteiger partial charge in [0.25, 0.3) is 17.7 Å². The van der Waals surface area contributed by atoms with Crippen LogP contribution in [-0.2, 0) is 13.0 Å². The Morgan fingerprint density at radius 2 is 1.67 bits per heavy atom. The number of carbonyl (C=O) groups is 3. The third kappa shape index (κ3) is 7.32. The number of aryl methyl sites for hydroxylation is 3. The molecule has 0 radical (unpaired) electrons. The molecule has 6 rings (SSSR count). The van der Waals surface area contributed by atoms with Gasteiger partial charge in [0.15, 0.2) is 5.69 Å². The normalized spacial score (nSPS) is 14.1. The first-order valence-corrected chi connectivity index (χ1v) is 18.0. The van der Waals surface area contributed by atoms with Crippen molar-refractivity contribution >= 4 is 34.3 Å². The first kappa shape index (κ1) is 35.6. The number of carbonyl (C=O) groups excluding carboxylic acids is 3. The molecule has 5 aromatic rings. The second-order valence-electron chi connectivity index (χ2n) is 13.6. The molecule has 1 aliphatic heterocycles. The van der Waals surface area contributed by atoms with E-state index in [1.165, 1.54) is 0 Å². The van der Waals surface area contributed by atoms with E-state index in [9.17, 15) is 19.5 Å². The summed E-state index contributed by atoms with van der Waals surface area (Å²) in [7, 11) is 0. The number of nitrogens with zero attached hydrogens (tertiary/aromatic N) is 4. The molecule has 10 nitrogen and oxygen atoms in total. The van der Waals surface area contributed by atoms with Crippen molar-refractivity contribution in [3.05, 3.63) is 112 Å². The number of hydrogen-bond donors (Lipinski definition) is 3. The molecule has 3 heterocycles. The van der Waals surface area contributed by atoms with Crippen molar-refractivity contribution in [3.63, 3.8) is 0 Å². The summed E-state index contributed by atoms with van der Waals surface area (Å²) >= 11 is 0. The summed E-state index contributed by atoms with van der Waals surface area (Å²) in [4.78, 5) is 48.8. The van der Waals surface area contributed by atoms with Crippen LogP contribution in [0.4, 0.5) is 5.69 Å². The molecule has 0 saturated heterocycles. The highest BCUT2D eigenvalue weighted by Crippen LogP contribution is 2.30. The lowest BCUT2D eigenvalue weighted by Crippen LogP contribution is -2.46. The third-order valence-electron chi connectivity index (χ3n) is 10.1. The number of rotatable bonds is 12. The van der Waals surface area contributed by atoms with Crippen LogP contribution in [0.15, 0.2) is 66.7 Å². The number of aromatic nitrogens is 3. The van der Waals surface area contributed by atoms with Gasteiger partial charge in [-0.3, -0.25) is 14.4 Å². The molecule has 3 N–H and O–H groups in total. The predicted molar refractivity (Wildman–Crippen MR) is 201 cm³/mol. The molecule has 3 amide bonds. The molecule has 3 aromatic carbocycles. The van der Waals surface area contributed by atoms with Gasteiger partial charge in [-0.25, -0.2) is 4.68 Å². The summed E-state index contributed by atoms with van der Waals surface area (Å²) < 4.78 is 1.64. The molecular weight excluding hydrogens is 640 g/mol. The lowest BCUT2D eigenvalue weighted by molar-refractivity contribution is 0.0544. The number of nitrogens with one attached hydrogen (secondary N) is 2. The number of aliphatic hydroxyl groups is 1. The van der Waals surface area contributed by atoms with Gasteiger partial charge in [-0.1, -0.05) is 57.0 Å². The first-order chi connectivity index (χ1) is 24.6. The average molecular weight is 689 g/mol. The topological polar surface area (TPSA) is 124 Å². The van der Waals surface area contributed by atoms with Crippen molar-refractivity contribution in [2.45, 2.75) is 79.3 Å². The largest absolute Gasteiger partial charge is 0.394 e. The highest BCUT2D eigenvalue weighted by atomic mass is 16.3. The van der Waals surface area contributed by atoms with Gasteiger partial charge in [0, 0.05) is 53.2 Å². The van der Waals surface area contributed by atoms with Crippen molar-refractivity contribution in [1.82, 2.24) is 24.6 Å². The molecule has 0 unspecified atom stereocenters. The van der Waals surface area contributed by atoms with Gasteiger partial charge in [-0.2, -0.15) is 5.10 Å². The minimum Gasteiger partial charge on any atom is -0.394 e. The van der Waals surface area contributed by atoms with Crippen LogP contribution in [0.2, 0.25) is 0 Å². The minimum atomic E-state index is -0.431. The number of aliphatic hydroxyl groups excluding tert-OH is 1. The van der Waals surface area contributed by atoms with Gasteiger partial charge in [0.05, 0.1) is 23.9 Å². The van der Waals surface area contributed by atoms with Crippen LogP contribution in [0.25, 0.3) is 16.6 Å². The van der Waals surface area contributed by atoms with E-state index in [0.29, 0.717) is 59.9 Å². The fourth-order valence-corrected chi connectivity index (χ4v) is 6.93. The second kappa shape index (κ2) is 15.3. The van der Waals surface area contributed by atoms with Crippen LogP contribution in [0.1, 0.15) is 98.8 Å².